The highest BCUT2D eigenvalue weighted by atomic mass is 35.5. The van der Waals surface area contributed by atoms with Gasteiger partial charge in [-0.1, -0.05) is 23.7 Å². The molecule has 0 amide bonds. The van der Waals surface area contributed by atoms with Gasteiger partial charge in [0.2, 0.25) is 0 Å². The van der Waals surface area contributed by atoms with Crippen LogP contribution in [0, 0.1) is 5.82 Å². The summed E-state index contributed by atoms with van der Waals surface area (Å²) >= 11 is 5.76. The Labute approximate surface area is 102 Å². The number of anilines is 1. The second kappa shape index (κ2) is 5.36. The van der Waals surface area contributed by atoms with Crippen molar-refractivity contribution in [1.29, 1.82) is 0 Å². The summed E-state index contributed by atoms with van der Waals surface area (Å²) in [5.74, 6) is 0.0355. The number of hydrogen-bond acceptors (Lipinski definition) is 4. The van der Waals surface area contributed by atoms with Gasteiger partial charge in [-0.15, -0.1) is 0 Å². The Morgan fingerprint density at radius 1 is 1.29 bits per heavy atom. The highest BCUT2D eigenvalue weighted by Gasteiger charge is 1.98. The van der Waals surface area contributed by atoms with E-state index >= 15 is 0 Å². The van der Waals surface area contributed by atoms with Crippen LogP contribution in [-0.4, -0.2) is 16.2 Å². The Balaban J connectivity index is 2.06. The summed E-state index contributed by atoms with van der Waals surface area (Å²) in [4.78, 5) is 7.76. The summed E-state index contributed by atoms with van der Waals surface area (Å²) in [7, 11) is 0. The van der Waals surface area contributed by atoms with E-state index in [9.17, 15) is 4.39 Å². The number of aromatic nitrogens is 2. The molecule has 0 radical (unpaired) electrons. The molecule has 2 rings (SSSR count). The Hall–Kier alpha value is -2.01. The standard InChI is InChI=1S/C11H8ClFN4/c12-10-11(15-5-4-14-10)17-16-7-8-2-1-3-9(13)6-8/h1-7H,(H,15,17). The van der Waals surface area contributed by atoms with Gasteiger partial charge in [0, 0.05) is 12.4 Å². The first-order valence-electron chi connectivity index (χ1n) is 4.77. The topological polar surface area (TPSA) is 50.2 Å². The number of halogens is 2. The molecule has 1 aromatic heterocycles. The third-order valence-corrected chi connectivity index (χ3v) is 2.16. The largest absolute Gasteiger partial charge is 0.259 e. The highest BCUT2D eigenvalue weighted by molar-refractivity contribution is 6.31. The van der Waals surface area contributed by atoms with Gasteiger partial charge in [0.15, 0.2) is 11.0 Å². The van der Waals surface area contributed by atoms with Gasteiger partial charge in [0.1, 0.15) is 5.82 Å². The van der Waals surface area contributed by atoms with Crippen molar-refractivity contribution >= 4 is 23.6 Å². The number of hydrogen-bond donors (Lipinski definition) is 1. The van der Waals surface area contributed by atoms with Crippen LogP contribution in [-0.2, 0) is 0 Å². The Morgan fingerprint density at radius 3 is 2.88 bits per heavy atom. The molecule has 0 aliphatic rings. The number of nitrogens with one attached hydrogen (secondary N) is 1. The minimum atomic E-state index is -0.313. The van der Waals surface area contributed by atoms with E-state index in [0.717, 1.165) is 0 Å². The number of hydrazone groups is 1. The van der Waals surface area contributed by atoms with Crippen LogP contribution in [0.25, 0.3) is 0 Å². The predicted molar refractivity (Wildman–Crippen MR) is 64.7 cm³/mol. The summed E-state index contributed by atoms with van der Waals surface area (Å²) in [6.07, 6.45) is 4.43. The number of nitrogens with zero attached hydrogens (tertiary/aromatic N) is 3. The summed E-state index contributed by atoms with van der Waals surface area (Å²) in [6, 6.07) is 6.06. The first-order valence-corrected chi connectivity index (χ1v) is 5.14. The van der Waals surface area contributed by atoms with Gasteiger partial charge in [0.05, 0.1) is 6.21 Å². The van der Waals surface area contributed by atoms with Gasteiger partial charge in [-0.3, -0.25) is 5.43 Å². The summed E-state index contributed by atoms with van der Waals surface area (Å²) in [5.41, 5.74) is 3.26. The quantitative estimate of drug-likeness (QED) is 0.673. The third kappa shape index (κ3) is 3.22. The molecule has 0 atom stereocenters. The summed E-state index contributed by atoms with van der Waals surface area (Å²) in [6.45, 7) is 0. The molecule has 1 heterocycles. The van der Waals surface area contributed by atoms with Crippen LogP contribution < -0.4 is 5.43 Å². The summed E-state index contributed by atoms with van der Waals surface area (Å²) < 4.78 is 12.9. The van der Waals surface area contributed by atoms with Crippen molar-refractivity contribution in [3.8, 4) is 0 Å². The Bertz CT molecular complexity index is 544. The lowest BCUT2D eigenvalue weighted by atomic mass is 10.2. The second-order valence-corrected chi connectivity index (χ2v) is 3.48. The maximum atomic E-state index is 12.9. The average molecular weight is 251 g/mol. The van der Waals surface area contributed by atoms with Gasteiger partial charge >= 0.3 is 0 Å². The lowest BCUT2D eigenvalue weighted by Gasteiger charge is -1.99. The Kier molecular flexibility index (Phi) is 3.62. The highest BCUT2D eigenvalue weighted by Crippen LogP contribution is 2.13. The Morgan fingerprint density at radius 2 is 2.12 bits per heavy atom. The smallest absolute Gasteiger partial charge is 0.184 e. The van der Waals surface area contributed by atoms with Crippen molar-refractivity contribution < 1.29 is 4.39 Å². The molecule has 4 nitrogen and oxygen atoms in total. The number of benzene rings is 1. The third-order valence-electron chi connectivity index (χ3n) is 1.89. The van der Waals surface area contributed by atoms with E-state index in [1.165, 1.54) is 30.7 Å². The average Bonchev–Trinajstić information content (AvgIpc) is 2.32. The van der Waals surface area contributed by atoms with E-state index in [1.807, 2.05) is 0 Å². The lowest BCUT2D eigenvalue weighted by molar-refractivity contribution is 0.627. The molecule has 0 spiro atoms. The molecule has 86 valence electrons. The van der Waals surface area contributed by atoms with Crippen molar-refractivity contribution in [2.75, 3.05) is 5.43 Å². The zero-order valence-corrected chi connectivity index (χ0v) is 9.39. The minimum Gasteiger partial charge on any atom is -0.259 e. The van der Waals surface area contributed by atoms with Crippen molar-refractivity contribution in [1.82, 2.24) is 9.97 Å². The molecule has 1 aromatic carbocycles. The van der Waals surface area contributed by atoms with Crippen LogP contribution in [0.15, 0.2) is 41.8 Å². The van der Waals surface area contributed by atoms with E-state index in [4.69, 9.17) is 11.6 Å². The molecule has 6 heteroatoms. The molecule has 0 bridgehead atoms. The molecular weight excluding hydrogens is 243 g/mol. The fourth-order valence-corrected chi connectivity index (χ4v) is 1.30. The van der Waals surface area contributed by atoms with Crippen LogP contribution in [0.5, 0.6) is 0 Å². The van der Waals surface area contributed by atoms with Gasteiger partial charge in [0.25, 0.3) is 0 Å². The molecule has 2 aromatic rings. The minimum absolute atomic E-state index is 0.226. The van der Waals surface area contributed by atoms with Crippen molar-refractivity contribution in [3.63, 3.8) is 0 Å². The molecule has 1 N–H and O–H groups in total. The van der Waals surface area contributed by atoms with Crippen LogP contribution in [0.3, 0.4) is 0 Å². The van der Waals surface area contributed by atoms with E-state index < -0.39 is 0 Å². The van der Waals surface area contributed by atoms with Crippen molar-refractivity contribution in [2.45, 2.75) is 0 Å². The van der Waals surface area contributed by atoms with Gasteiger partial charge in [-0.25, -0.2) is 14.4 Å². The molecular formula is C11H8ClFN4. The zero-order chi connectivity index (χ0) is 12.1. The van der Waals surface area contributed by atoms with Crippen LogP contribution in [0.4, 0.5) is 10.2 Å². The molecule has 0 unspecified atom stereocenters. The molecule has 0 saturated carbocycles. The first-order chi connectivity index (χ1) is 8.25. The van der Waals surface area contributed by atoms with E-state index in [2.05, 4.69) is 20.5 Å². The van der Waals surface area contributed by atoms with Crippen LogP contribution in [0.2, 0.25) is 5.15 Å². The normalized spacial score (nSPS) is 10.7. The SMILES string of the molecule is Fc1cccc(C=NNc2nccnc2Cl)c1. The van der Waals surface area contributed by atoms with E-state index in [0.29, 0.717) is 11.4 Å². The van der Waals surface area contributed by atoms with Crippen molar-refractivity contribution in [3.05, 3.63) is 53.2 Å². The fourth-order valence-electron chi connectivity index (χ4n) is 1.15. The molecule has 0 saturated heterocycles. The fraction of sp³-hybridized carbons (Fsp3) is 0. The van der Waals surface area contributed by atoms with Gasteiger partial charge in [-0.2, -0.15) is 5.10 Å². The first kappa shape index (κ1) is 11.5. The second-order valence-electron chi connectivity index (χ2n) is 3.12. The lowest BCUT2D eigenvalue weighted by Crippen LogP contribution is -1.95. The van der Waals surface area contributed by atoms with Crippen molar-refractivity contribution in [2.24, 2.45) is 5.10 Å². The summed E-state index contributed by atoms with van der Waals surface area (Å²) in [5, 5.41) is 4.11. The predicted octanol–water partition coefficient (Wildman–Crippen LogP) is 2.72. The monoisotopic (exact) mass is 250 g/mol. The zero-order valence-electron chi connectivity index (χ0n) is 8.64. The maximum Gasteiger partial charge on any atom is 0.184 e. The molecule has 0 fully saturated rings. The maximum absolute atomic E-state index is 12.9. The van der Waals surface area contributed by atoms with E-state index in [1.54, 1.807) is 12.1 Å². The molecule has 17 heavy (non-hydrogen) atoms. The van der Waals surface area contributed by atoms with Crippen LogP contribution >= 0.6 is 11.6 Å². The number of rotatable bonds is 3. The van der Waals surface area contributed by atoms with Gasteiger partial charge < -0.3 is 0 Å². The van der Waals surface area contributed by atoms with Crippen LogP contribution in [0.1, 0.15) is 5.56 Å². The molecule has 0 aliphatic carbocycles. The van der Waals surface area contributed by atoms with Gasteiger partial charge in [-0.05, 0) is 17.7 Å². The van der Waals surface area contributed by atoms with E-state index in [-0.39, 0.29) is 11.0 Å². The molecule has 0 aliphatic heterocycles.